The van der Waals surface area contributed by atoms with E-state index in [1.54, 1.807) is 12.1 Å². The number of carbonyl (C=O) groups excluding carboxylic acids is 2. The predicted molar refractivity (Wildman–Crippen MR) is 120 cm³/mol. The monoisotopic (exact) mass is 440 g/mol. The summed E-state index contributed by atoms with van der Waals surface area (Å²) in [7, 11) is 0. The average Bonchev–Trinajstić information content (AvgIpc) is 2.64. The third kappa shape index (κ3) is 5.28. The summed E-state index contributed by atoms with van der Waals surface area (Å²) < 4.78 is 6.24. The molecule has 1 unspecified atom stereocenters. The van der Waals surface area contributed by atoms with Gasteiger partial charge in [-0.2, -0.15) is 0 Å². The summed E-state index contributed by atoms with van der Waals surface area (Å²) in [6.07, 6.45) is 1.71. The van der Waals surface area contributed by atoms with Crippen LogP contribution in [0.3, 0.4) is 0 Å². The van der Waals surface area contributed by atoms with Crippen LogP contribution in [0.5, 0.6) is 0 Å². The molecule has 0 aliphatic carbocycles. The molecule has 1 aliphatic rings. The highest BCUT2D eigenvalue weighted by atomic mass is 35.5. The number of rotatable bonds is 8. The van der Waals surface area contributed by atoms with Gasteiger partial charge in [0.25, 0.3) is 5.91 Å². The smallest absolute Gasteiger partial charge is 0.324 e. The minimum Gasteiger partial charge on any atom is -0.428 e. The van der Waals surface area contributed by atoms with Crippen molar-refractivity contribution in [3.05, 3.63) is 33.8 Å². The van der Waals surface area contributed by atoms with Gasteiger partial charge in [0, 0.05) is 16.6 Å². The zero-order valence-corrected chi connectivity index (χ0v) is 19.6. The van der Waals surface area contributed by atoms with Crippen LogP contribution in [0.2, 0.25) is 15.4 Å². The summed E-state index contributed by atoms with van der Waals surface area (Å²) in [5.74, 6) is -0.421. The fraction of sp³-hybridized carbons (Fsp3) is 0.619. The van der Waals surface area contributed by atoms with Crippen LogP contribution >= 0.6 is 23.2 Å². The SMILES string of the molecule is CCC1(C)OB([C@H](CC(C)C)NC(=O)CNC(=O)c2cc(Cl)ccc2Cl)C1(C)C. The molecule has 2 amide bonds. The fourth-order valence-corrected chi connectivity index (χ4v) is 4.27. The van der Waals surface area contributed by atoms with Gasteiger partial charge in [0.2, 0.25) is 5.91 Å². The Balaban J connectivity index is 2.00. The van der Waals surface area contributed by atoms with Gasteiger partial charge in [-0.15, -0.1) is 0 Å². The summed E-state index contributed by atoms with van der Waals surface area (Å²) in [5.41, 5.74) is 0.0442. The third-order valence-electron chi connectivity index (χ3n) is 6.16. The van der Waals surface area contributed by atoms with E-state index in [-0.39, 0.29) is 46.8 Å². The maximum absolute atomic E-state index is 12.6. The van der Waals surface area contributed by atoms with E-state index in [0.29, 0.717) is 10.9 Å². The second-order valence-corrected chi connectivity index (χ2v) is 9.80. The number of hydrogen-bond donors (Lipinski definition) is 2. The van der Waals surface area contributed by atoms with E-state index >= 15 is 0 Å². The van der Waals surface area contributed by atoms with Crippen molar-refractivity contribution in [1.82, 2.24) is 10.6 Å². The van der Waals surface area contributed by atoms with Gasteiger partial charge in [-0.1, -0.05) is 57.8 Å². The van der Waals surface area contributed by atoms with Gasteiger partial charge < -0.3 is 15.3 Å². The molecule has 1 heterocycles. The first kappa shape index (κ1) is 24.0. The van der Waals surface area contributed by atoms with E-state index in [0.717, 1.165) is 12.8 Å². The Morgan fingerprint density at radius 2 is 1.86 bits per heavy atom. The van der Waals surface area contributed by atoms with E-state index in [1.165, 1.54) is 6.07 Å². The van der Waals surface area contributed by atoms with E-state index in [2.05, 4.69) is 52.2 Å². The minimum absolute atomic E-state index is 0.0633. The molecular weight excluding hydrogens is 410 g/mol. The maximum atomic E-state index is 12.6. The van der Waals surface area contributed by atoms with Gasteiger partial charge in [0.05, 0.1) is 17.1 Å². The molecule has 0 spiro atoms. The van der Waals surface area contributed by atoms with Crippen molar-refractivity contribution < 1.29 is 14.2 Å². The first-order chi connectivity index (χ1) is 13.4. The average molecular weight is 441 g/mol. The molecule has 0 radical (unpaired) electrons. The molecule has 5 nitrogen and oxygen atoms in total. The molecule has 1 saturated heterocycles. The molecule has 0 saturated carbocycles. The van der Waals surface area contributed by atoms with Gasteiger partial charge >= 0.3 is 6.92 Å². The van der Waals surface area contributed by atoms with Crippen LogP contribution in [0.25, 0.3) is 0 Å². The largest absolute Gasteiger partial charge is 0.428 e. The number of carbonyl (C=O) groups is 2. The first-order valence-corrected chi connectivity index (χ1v) is 10.9. The van der Waals surface area contributed by atoms with Crippen LogP contribution in [-0.2, 0) is 9.45 Å². The van der Waals surface area contributed by atoms with E-state index in [4.69, 9.17) is 27.9 Å². The highest BCUT2D eigenvalue weighted by Crippen LogP contribution is 2.56. The highest BCUT2D eigenvalue weighted by Gasteiger charge is 2.62. The van der Waals surface area contributed by atoms with Gasteiger partial charge in [0.15, 0.2) is 0 Å². The molecule has 1 aromatic rings. The number of amides is 2. The van der Waals surface area contributed by atoms with Crippen molar-refractivity contribution in [2.75, 3.05) is 6.54 Å². The second kappa shape index (κ2) is 9.28. The molecule has 29 heavy (non-hydrogen) atoms. The number of halogens is 2. The van der Waals surface area contributed by atoms with Crippen molar-refractivity contribution in [2.24, 2.45) is 5.92 Å². The Morgan fingerprint density at radius 1 is 1.21 bits per heavy atom. The van der Waals surface area contributed by atoms with Gasteiger partial charge in [0.1, 0.15) is 0 Å². The van der Waals surface area contributed by atoms with Crippen LogP contribution < -0.4 is 10.6 Å². The minimum atomic E-state index is -0.438. The zero-order chi connectivity index (χ0) is 22.0. The molecule has 8 heteroatoms. The standard InChI is InChI=1S/C21H31BCl2N2O3/c1-7-21(6)20(4,5)22(29-21)17(10-13(2)3)26-18(27)12-25-19(28)15-11-14(23)8-9-16(15)24/h8-9,11,13,17H,7,10,12H2,1-6H3,(H,25,28)(H,26,27)/t17-,21?/m0/s1. The predicted octanol–water partition coefficient (Wildman–Crippen LogP) is 4.76. The Hall–Kier alpha value is -1.24. The van der Waals surface area contributed by atoms with Crippen molar-refractivity contribution in [1.29, 1.82) is 0 Å². The molecule has 160 valence electrons. The van der Waals surface area contributed by atoms with Crippen LogP contribution in [0.4, 0.5) is 0 Å². The lowest BCUT2D eigenvalue weighted by atomic mass is 9.31. The van der Waals surface area contributed by atoms with Crippen molar-refractivity contribution >= 4 is 41.9 Å². The van der Waals surface area contributed by atoms with E-state index < -0.39 is 5.91 Å². The Kier molecular flexibility index (Phi) is 7.69. The van der Waals surface area contributed by atoms with Gasteiger partial charge in [-0.25, -0.2) is 0 Å². The first-order valence-electron chi connectivity index (χ1n) is 10.1. The second-order valence-electron chi connectivity index (χ2n) is 8.95. The summed E-state index contributed by atoms with van der Waals surface area (Å²) in [4.78, 5) is 24.9. The molecule has 0 aromatic heterocycles. The summed E-state index contributed by atoms with van der Waals surface area (Å²) in [5, 5.41) is 6.31. The molecule has 0 bridgehead atoms. The Morgan fingerprint density at radius 3 is 2.41 bits per heavy atom. The van der Waals surface area contributed by atoms with Crippen molar-refractivity contribution in [3.8, 4) is 0 Å². The number of nitrogens with one attached hydrogen (secondary N) is 2. The normalized spacial score (nSPS) is 21.5. The number of hydrogen-bond acceptors (Lipinski definition) is 3. The Labute approximate surface area is 184 Å². The summed E-state index contributed by atoms with van der Waals surface area (Å²) in [6, 6.07) is 4.64. The van der Waals surface area contributed by atoms with Gasteiger partial charge in [-0.3, -0.25) is 9.59 Å². The van der Waals surface area contributed by atoms with Crippen LogP contribution in [0, 0.1) is 5.92 Å². The molecule has 2 rings (SSSR count). The molecule has 2 atom stereocenters. The summed E-state index contributed by atoms with van der Waals surface area (Å²) >= 11 is 12.0. The lowest BCUT2D eigenvalue weighted by Gasteiger charge is -2.60. The third-order valence-corrected chi connectivity index (χ3v) is 6.72. The molecule has 1 aliphatic heterocycles. The quantitative estimate of drug-likeness (QED) is 0.572. The highest BCUT2D eigenvalue weighted by molar-refractivity contribution is 6.61. The maximum Gasteiger partial charge on any atom is 0.324 e. The van der Waals surface area contributed by atoms with Gasteiger partial charge in [-0.05, 0) is 49.2 Å². The zero-order valence-electron chi connectivity index (χ0n) is 18.1. The summed E-state index contributed by atoms with van der Waals surface area (Å²) in [6.45, 7) is 12.6. The lowest BCUT2D eigenvalue weighted by molar-refractivity contribution is -0.121. The topological polar surface area (TPSA) is 67.4 Å². The Bertz CT molecular complexity index is 772. The van der Waals surface area contributed by atoms with Crippen LogP contribution in [0.1, 0.15) is 64.7 Å². The molecule has 1 fully saturated rings. The molecule has 2 N–H and O–H groups in total. The molecule has 1 aromatic carbocycles. The fourth-order valence-electron chi connectivity index (χ4n) is 3.90. The lowest BCUT2D eigenvalue weighted by Crippen LogP contribution is -2.70. The van der Waals surface area contributed by atoms with E-state index in [9.17, 15) is 9.59 Å². The number of benzene rings is 1. The van der Waals surface area contributed by atoms with E-state index in [1.807, 2.05) is 0 Å². The van der Waals surface area contributed by atoms with Crippen LogP contribution in [0.15, 0.2) is 18.2 Å². The van der Waals surface area contributed by atoms with Crippen molar-refractivity contribution in [2.45, 2.75) is 71.2 Å². The molecular formula is C21H31BCl2N2O3. The van der Waals surface area contributed by atoms with Crippen LogP contribution in [-0.4, -0.2) is 36.8 Å². The van der Waals surface area contributed by atoms with Crippen molar-refractivity contribution in [3.63, 3.8) is 0 Å².